The molecule has 1 fully saturated rings. The zero-order valence-corrected chi connectivity index (χ0v) is 11.5. The first kappa shape index (κ1) is 14.7. The molecule has 1 aromatic carbocycles. The van der Waals surface area contributed by atoms with E-state index >= 15 is 0 Å². The third kappa shape index (κ3) is 3.04. The van der Waals surface area contributed by atoms with Crippen molar-refractivity contribution in [2.75, 3.05) is 26.2 Å². The van der Waals surface area contributed by atoms with E-state index in [1.54, 1.807) is 4.90 Å². The van der Waals surface area contributed by atoms with Gasteiger partial charge in [0.05, 0.1) is 0 Å². The Morgan fingerprint density at radius 3 is 2.50 bits per heavy atom. The number of halogens is 2. The molecule has 0 aromatic heterocycles. The van der Waals surface area contributed by atoms with E-state index in [2.05, 4.69) is 11.5 Å². The van der Waals surface area contributed by atoms with E-state index in [0.717, 1.165) is 6.07 Å². The summed E-state index contributed by atoms with van der Waals surface area (Å²) in [6.45, 7) is 7.88. The van der Waals surface area contributed by atoms with Gasteiger partial charge in [0.25, 0.3) is 0 Å². The van der Waals surface area contributed by atoms with Gasteiger partial charge in [-0.05, 0) is 19.1 Å². The Labute approximate surface area is 117 Å². The number of hydrogen-bond donors (Lipinski definition) is 0. The van der Waals surface area contributed by atoms with Crippen LogP contribution >= 0.6 is 0 Å². The van der Waals surface area contributed by atoms with Crippen LogP contribution < -0.4 is 0 Å². The second-order valence-corrected chi connectivity index (χ2v) is 4.91. The third-order valence-electron chi connectivity index (χ3n) is 3.76. The Hall–Kier alpha value is -1.75. The fraction of sp³-hybridized carbons (Fsp3) is 0.400. The molecule has 0 N–H and O–H groups in total. The van der Waals surface area contributed by atoms with Gasteiger partial charge in [-0.3, -0.25) is 9.69 Å². The van der Waals surface area contributed by atoms with E-state index in [-0.39, 0.29) is 11.9 Å². The average molecular weight is 280 g/mol. The highest BCUT2D eigenvalue weighted by atomic mass is 19.1. The van der Waals surface area contributed by atoms with Gasteiger partial charge in [-0.1, -0.05) is 12.6 Å². The van der Waals surface area contributed by atoms with Crippen LogP contribution in [0.1, 0.15) is 18.5 Å². The number of benzene rings is 1. The van der Waals surface area contributed by atoms with Crippen LogP contribution in [0.15, 0.2) is 30.9 Å². The zero-order chi connectivity index (χ0) is 14.7. The molecule has 1 amide bonds. The van der Waals surface area contributed by atoms with Gasteiger partial charge >= 0.3 is 0 Å². The van der Waals surface area contributed by atoms with Gasteiger partial charge in [0.2, 0.25) is 5.91 Å². The number of piperazine rings is 1. The summed E-state index contributed by atoms with van der Waals surface area (Å²) in [5, 5.41) is 0. The average Bonchev–Trinajstić information content (AvgIpc) is 2.46. The van der Waals surface area contributed by atoms with Gasteiger partial charge in [0.1, 0.15) is 11.6 Å². The first-order valence-electron chi connectivity index (χ1n) is 6.63. The molecule has 0 bridgehead atoms. The predicted molar refractivity (Wildman–Crippen MR) is 73.1 cm³/mol. The fourth-order valence-electron chi connectivity index (χ4n) is 2.50. The molecule has 0 radical (unpaired) electrons. The van der Waals surface area contributed by atoms with Crippen LogP contribution in [0.25, 0.3) is 0 Å². The van der Waals surface area contributed by atoms with Crippen molar-refractivity contribution in [1.29, 1.82) is 0 Å². The maximum Gasteiger partial charge on any atom is 0.246 e. The molecule has 108 valence electrons. The first-order valence-corrected chi connectivity index (χ1v) is 6.63. The van der Waals surface area contributed by atoms with Crippen molar-refractivity contribution in [3.8, 4) is 0 Å². The van der Waals surface area contributed by atoms with Crippen LogP contribution in [0.4, 0.5) is 8.78 Å². The molecule has 0 saturated carbocycles. The summed E-state index contributed by atoms with van der Waals surface area (Å²) in [6.07, 6.45) is 1.30. The summed E-state index contributed by atoms with van der Waals surface area (Å²) in [6, 6.07) is 3.52. The molecule has 0 aliphatic carbocycles. The van der Waals surface area contributed by atoms with Crippen molar-refractivity contribution in [3.63, 3.8) is 0 Å². The predicted octanol–water partition coefficient (Wildman–Crippen LogP) is 2.36. The molecule has 1 aliphatic heterocycles. The Bertz CT molecular complexity index is 511. The minimum atomic E-state index is -0.570. The summed E-state index contributed by atoms with van der Waals surface area (Å²) < 4.78 is 26.7. The summed E-state index contributed by atoms with van der Waals surface area (Å²) in [7, 11) is 0. The monoisotopic (exact) mass is 280 g/mol. The van der Waals surface area contributed by atoms with Crippen LogP contribution in [-0.4, -0.2) is 41.9 Å². The largest absolute Gasteiger partial charge is 0.337 e. The molecule has 1 aromatic rings. The van der Waals surface area contributed by atoms with E-state index in [1.807, 2.05) is 6.92 Å². The highest BCUT2D eigenvalue weighted by molar-refractivity contribution is 5.87. The summed E-state index contributed by atoms with van der Waals surface area (Å²) in [5.74, 6) is -1.17. The lowest BCUT2D eigenvalue weighted by Crippen LogP contribution is -2.48. The van der Waals surface area contributed by atoms with Gasteiger partial charge in [0.15, 0.2) is 0 Å². The van der Waals surface area contributed by atoms with Gasteiger partial charge in [-0.2, -0.15) is 0 Å². The molecule has 1 aliphatic rings. The second kappa shape index (κ2) is 6.13. The quantitative estimate of drug-likeness (QED) is 0.794. The minimum absolute atomic E-state index is 0.0785. The highest BCUT2D eigenvalue weighted by Gasteiger charge is 2.25. The number of carbonyl (C=O) groups is 1. The molecule has 1 saturated heterocycles. The van der Waals surface area contributed by atoms with Crippen LogP contribution in [0.5, 0.6) is 0 Å². The topological polar surface area (TPSA) is 23.6 Å². The summed E-state index contributed by atoms with van der Waals surface area (Å²) >= 11 is 0. The van der Waals surface area contributed by atoms with Crippen LogP contribution in [0, 0.1) is 11.6 Å². The van der Waals surface area contributed by atoms with Crippen LogP contribution in [-0.2, 0) is 4.79 Å². The van der Waals surface area contributed by atoms with Crippen molar-refractivity contribution >= 4 is 5.91 Å². The normalized spacial score (nSPS) is 17.9. The van der Waals surface area contributed by atoms with E-state index in [9.17, 15) is 13.6 Å². The van der Waals surface area contributed by atoms with Crippen LogP contribution in [0.2, 0.25) is 0 Å². The zero-order valence-electron chi connectivity index (χ0n) is 11.5. The second-order valence-electron chi connectivity index (χ2n) is 4.91. The van der Waals surface area contributed by atoms with Crippen molar-refractivity contribution in [1.82, 2.24) is 9.80 Å². The molecule has 0 spiro atoms. The van der Waals surface area contributed by atoms with Crippen molar-refractivity contribution in [3.05, 3.63) is 48.1 Å². The van der Waals surface area contributed by atoms with Crippen molar-refractivity contribution in [2.45, 2.75) is 13.0 Å². The molecule has 3 nitrogen and oxygen atoms in total. The molecule has 2 rings (SSSR count). The number of rotatable bonds is 3. The SMILES string of the molecule is C=CC(=O)N1CCN(C(C)c2ccc(F)cc2F)CC1. The van der Waals surface area contributed by atoms with Gasteiger partial charge in [-0.15, -0.1) is 0 Å². The minimum Gasteiger partial charge on any atom is -0.337 e. The lowest BCUT2D eigenvalue weighted by atomic mass is 10.1. The number of nitrogens with zero attached hydrogens (tertiary/aromatic N) is 2. The van der Waals surface area contributed by atoms with Crippen molar-refractivity contribution in [2.24, 2.45) is 0 Å². The van der Waals surface area contributed by atoms with Crippen LogP contribution in [0.3, 0.4) is 0 Å². The Kier molecular flexibility index (Phi) is 4.49. The maximum atomic E-state index is 13.8. The smallest absolute Gasteiger partial charge is 0.246 e. The van der Waals surface area contributed by atoms with E-state index in [4.69, 9.17) is 0 Å². The summed E-state index contributed by atoms with van der Waals surface area (Å²) in [5.41, 5.74) is 0.481. The maximum absolute atomic E-state index is 13.8. The van der Waals surface area contributed by atoms with E-state index in [1.165, 1.54) is 18.2 Å². The van der Waals surface area contributed by atoms with E-state index in [0.29, 0.717) is 31.7 Å². The first-order chi connectivity index (χ1) is 9.52. The van der Waals surface area contributed by atoms with E-state index < -0.39 is 11.6 Å². The molecule has 5 heteroatoms. The molecule has 1 atom stereocenters. The van der Waals surface area contributed by atoms with Gasteiger partial charge < -0.3 is 4.90 Å². The number of hydrogen-bond acceptors (Lipinski definition) is 2. The third-order valence-corrected chi connectivity index (χ3v) is 3.76. The standard InChI is InChI=1S/C15H18F2N2O/c1-3-15(20)19-8-6-18(7-9-19)11(2)13-5-4-12(16)10-14(13)17/h3-5,10-11H,1,6-9H2,2H3. The number of amides is 1. The Morgan fingerprint density at radius 1 is 1.30 bits per heavy atom. The highest BCUT2D eigenvalue weighted by Crippen LogP contribution is 2.24. The molecule has 1 heterocycles. The van der Waals surface area contributed by atoms with Gasteiger partial charge in [-0.25, -0.2) is 8.78 Å². The fourth-order valence-corrected chi connectivity index (χ4v) is 2.50. The summed E-state index contributed by atoms with van der Waals surface area (Å²) in [4.78, 5) is 15.3. The lowest BCUT2D eigenvalue weighted by molar-refractivity contribution is -0.128. The van der Waals surface area contributed by atoms with Gasteiger partial charge in [0, 0.05) is 43.9 Å². The molecule has 20 heavy (non-hydrogen) atoms. The molecular weight excluding hydrogens is 262 g/mol. The molecular formula is C15H18F2N2O. The molecule has 1 unspecified atom stereocenters. The Balaban J connectivity index is 2.03. The van der Waals surface area contributed by atoms with Crippen molar-refractivity contribution < 1.29 is 13.6 Å². The Morgan fingerprint density at radius 2 is 1.95 bits per heavy atom. The lowest BCUT2D eigenvalue weighted by Gasteiger charge is -2.37. The number of carbonyl (C=O) groups excluding carboxylic acids is 1.